The topological polar surface area (TPSA) is 28.2 Å². The minimum Gasteiger partial charge on any atom is -0.315 e. The van der Waals surface area contributed by atoms with Gasteiger partial charge in [0.1, 0.15) is 0 Å². The SMILES string of the molecule is CC1CNCCCN1Cc1ccncc1. The fourth-order valence-electron chi connectivity index (χ4n) is 2.03. The van der Waals surface area contributed by atoms with Gasteiger partial charge in [-0.15, -0.1) is 0 Å². The lowest BCUT2D eigenvalue weighted by Gasteiger charge is -2.26. The van der Waals surface area contributed by atoms with Crippen LogP contribution in [0.4, 0.5) is 0 Å². The number of pyridine rings is 1. The normalized spacial score (nSPS) is 23.7. The Bertz CT molecular complexity index is 286. The first-order valence-electron chi connectivity index (χ1n) is 5.70. The summed E-state index contributed by atoms with van der Waals surface area (Å²) in [5, 5.41) is 3.46. The quantitative estimate of drug-likeness (QED) is 0.788. The fraction of sp³-hybridized carbons (Fsp3) is 0.583. The van der Waals surface area contributed by atoms with Gasteiger partial charge in [-0.2, -0.15) is 0 Å². The Balaban J connectivity index is 1.97. The Morgan fingerprint density at radius 3 is 3.07 bits per heavy atom. The largest absolute Gasteiger partial charge is 0.315 e. The molecule has 0 aromatic carbocycles. The molecule has 0 saturated carbocycles. The molecule has 0 bridgehead atoms. The number of aromatic nitrogens is 1. The highest BCUT2D eigenvalue weighted by Gasteiger charge is 2.16. The van der Waals surface area contributed by atoms with E-state index < -0.39 is 0 Å². The molecule has 1 aliphatic heterocycles. The average Bonchev–Trinajstić information content (AvgIpc) is 2.46. The van der Waals surface area contributed by atoms with Crippen molar-refractivity contribution in [3.05, 3.63) is 30.1 Å². The molecule has 3 nitrogen and oxygen atoms in total. The first kappa shape index (κ1) is 10.6. The van der Waals surface area contributed by atoms with Gasteiger partial charge in [0.2, 0.25) is 0 Å². The molecule has 0 aliphatic carbocycles. The Morgan fingerprint density at radius 1 is 1.47 bits per heavy atom. The molecule has 15 heavy (non-hydrogen) atoms. The molecule has 1 N–H and O–H groups in total. The Kier molecular flexibility index (Phi) is 3.69. The van der Waals surface area contributed by atoms with Crippen molar-refractivity contribution in [1.82, 2.24) is 15.2 Å². The minimum atomic E-state index is 0.626. The lowest BCUT2D eigenvalue weighted by molar-refractivity contribution is 0.214. The molecule has 2 rings (SSSR count). The van der Waals surface area contributed by atoms with Crippen molar-refractivity contribution >= 4 is 0 Å². The summed E-state index contributed by atoms with van der Waals surface area (Å²) in [5.74, 6) is 0. The van der Waals surface area contributed by atoms with Crippen LogP contribution in [0, 0.1) is 0 Å². The fourth-order valence-corrected chi connectivity index (χ4v) is 2.03. The number of hydrogen-bond donors (Lipinski definition) is 1. The molecule has 0 radical (unpaired) electrons. The van der Waals surface area contributed by atoms with Crippen LogP contribution in [-0.4, -0.2) is 35.6 Å². The smallest absolute Gasteiger partial charge is 0.0271 e. The molecule has 1 saturated heterocycles. The molecule has 0 spiro atoms. The Labute approximate surface area is 91.5 Å². The van der Waals surface area contributed by atoms with Crippen LogP contribution in [-0.2, 0) is 6.54 Å². The molecule has 1 unspecified atom stereocenters. The van der Waals surface area contributed by atoms with E-state index in [1.54, 1.807) is 0 Å². The molecule has 3 heteroatoms. The van der Waals surface area contributed by atoms with Crippen molar-refractivity contribution in [2.75, 3.05) is 19.6 Å². The maximum absolute atomic E-state index is 4.05. The van der Waals surface area contributed by atoms with E-state index in [1.165, 1.54) is 18.5 Å². The van der Waals surface area contributed by atoms with E-state index in [0.29, 0.717) is 6.04 Å². The monoisotopic (exact) mass is 205 g/mol. The average molecular weight is 205 g/mol. The summed E-state index contributed by atoms with van der Waals surface area (Å²) < 4.78 is 0. The van der Waals surface area contributed by atoms with Gasteiger partial charge in [0.15, 0.2) is 0 Å². The summed E-state index contributed by atoms with van der Waals surface area (Å²) in [4.78, 5) is 6.58. The maximum Gasteiger partial charge on any atom is 0.0271 e. The molecular weight excluding hydrogens is 186 g/mol. The van der Waals surface area contributed by atoms with Crippen molar-refractivity contribution in [3.63, 3.8) is 0 Å². The second-order valence-corrected chi connectivity index (χ2v) is 4.23. The molecule has 0 amide bonds. The van der Waals surface area contributed by atoms with Crippen LogP contribution < -0.4 is 5.32 Å². The van der Waals surface area contributed by atoms with Crippen molar-refractivity contribution < 1.29 is 0 Å². The first-order valence-corrected chi connectivity index (χ1v) is 5.70. The lowest BCUT2D eigenvalue weighted by atomic mass is 10.2. The van der Waals surface area contributed by atoms with Crippen LogP contribution in [0.5, 0.6) is 0 Å². The van der Waals surface area contributed by atoms with Gasteiger partial charge in [0.25, 0.3) is 0 Å². The van der Waals surface area contributed by atoms with E-state index in [9.17, 15) is 0 Å². The van der Waals surface area contributed by atoms with Gasteiger partial charge in [0, 0.05) is 38.1 Å². The lowest BCUT2D eigenvalue weighted by Crippen LogP contribution is -2.36. The van der Waals surface area contributed by atoms with Crippen LogP contribution in [0.2, 0.25) is 0 Å². The van der Waals surface area contributed by atoms with E-state index >= 15 is 0 Å². The highest BCUT2D eigenvalue weighted by atomic mass is 15.2. The molecule has 82 valence electrons. The van der Waals surface area contributed by atoms with E-state index in [1.807, 2.05) is 12.4 Å². The van der Waals surface area contributed by atoms with Gasteiger partial charge >= 0.3 is 0 Å². The summed E-state index contributed by atoms with van der Waals surface area (Å²) >= 11 is 0. The first-order chi connectivity index (χ1) is 7.36. The molecule has 1 fully saturated rings. The predicted molar refractivity (Wildman–Crippen MR) is 61.6 cm³/mol. The zero-order chi connectivity index (χ0) is 10.5. The summed E-state index contributed by atoms with van der Waals surface area (Å²) in [7, 11) is 0. The third kappa shape index (κ3) is 3.01. The van der Waals surface area contributed by atoms with Crippen LogP contribution in [0.1, 0.15) is 18.9 Å². The van der Waals surface area contributed by atoms with Gasteiger partial charge in [-0.3, -0.25) is 9.88 Å². The zero-order valence-electron chi connectivity index (χ0n) is 9.32. The van der Waals surface area contributed by atoms with Crippen molar-refractivity contribution in [2.45, 2.75) is 25.9 Å². The van der Waals surface area contributed by atoms with Gasteiger partial charge < -0.3 is 5.32 Å². The van der Waals surface area contributed by atoms with Crippen molar-refractivity contribution in [3.8, 4) is 0 Å². The Hall–Kier alpha value is -0.930. The summed E-state index contributed by atoms with van der Waals surface area (Å²) in [6.45, 7) is 6.78. The van der Waals surface area contributed by atoms with E-state index in [4.69, 9.17) is 0 Å². The van der Waals surface area contributed by atoms with E-state index in [-0.39, 0.29) is 0 Å². The number of hydrogen-bond acceptors (Lipinski definition) is 3. The second-order valence-electron chi connectivity index (χ2n) is 4.23. The Morgan fingerprint density at radius 2 is 2.27 bits per heavy atom. The predicted octanol–water partition coefficient (Wildman–Crippen LogP) is 1.27. The van der Waals surface area contributed by atoms with E-state index in [2.05, 4.69) is 34.3 Å². The van der Waals surface area contributed by atoms with Gasteiger partial charge in [-0.25, -0.2) is 0 Å². The van der Waals surface area contributed by atoms with Crippen LogP contribution in [0.15, 0.2) is 24.5 Å². The second kappa shape index (κ2) is 5.24. The summed E-state index contributed by atoms with van der Waals surface area (Å²) in [6, 6.07) is 4.83. The van der Waals surface area contributed by atoms with Crippen LogP contribution in [0.25, 0.3) is 0 Å². The minimum absolute atomic E-state index is 0.626. The molecular formula is C12H19N3. The zero-order valence-corrected chi connectivity index (χ0v) is 9.32. The van der Waals surface area contributed by atoms with Crippen LogP contribution in [0.3, 0.4) is 0 Å². The number of nitrogens with zero attached hydrogens (tertiary/aromatic N) is 2. The molecule has 2 heterocycles. The number of nitrogens with one attached hydrogen (secondary N) is 1. The van der Waals surface area contributed by atoms with Gasteiger partial charge in [-0.1, -0.05) is 0 Å². The van der Waals surface area contributed by atoms with Crippen LogP contribution >= 0.6 is 0 Å². The highest BCUT2D eigenvalue weighted by Crippen LogP contribution is 2.09. The molecule has 1 aliphatic rings. The molecule has 1 aromatic heterocycles. The number of rotatable bonds is 2. The van der Waals surface area contributed by atoms with Crippen molar-refractivity contribution in [2.24, 2.45) is 0 Å². The standard InChI is InChI=1S/C12H19N3/c1-11-9-14-5-2-8-15(11)10-12-3-6-13-7-4-12/h3-4,6-7,11,14H,2,5,8-10H2,1H3. The van der Waals surface area contributed by atoms with Gasteiger partial charge in [-0.05, 0) is 37.6 Å². The molecule has 1 atom stereocenters. The third-order valence-corrected chi connectivity index (χ3v) is 3.00. The highest BCUT2D eigenvalue weighted by molar-refractivity contribution is 5.09. The summed E-state index contributed by atoms with van der Waals surface area (Å²) in [6.07, 6.45) is 4.99. The van der Waals surface area contributed by atoms with Crippen molar-refractivity contribution in [1.29, 1.82) is 0 Å². The summed E-state index contributed by atoms with van der Waals surface area (Å²) in [5.41, 5.74) is 1.36. The third-order valence-electron chi connectivity index (χ3n) is 3.00. The van der Waals surface area contributed by atoms with E-state index in [0.717, 1.165) is 19.6 Å². The maximum atomic E-state index is 4.05. The van der Waals surface area contributed by atoms with Gasteiger partial charge in [0.05, 0.1) is 0 Å². The molecule has 1 aromatic rings.